The normalized spacial score (nSPS) is 10.6. The van der Waals surface area contributed by atoms with Crippen molar-refractivity contribution in [3.05, 3.63) is 38.3 Å². The van der Waals surface area contributed by atoms with Crippen LogP contribution < -0.4 is 11.0 Å². The molecule has 0 saturated carbocycles. The van der Waals surface area contributed by atoms with Gasteiger partial charge in [-0.25, -0.2) is 9.89 Å². The molecule has 2 N–H and O–H groups in total. The number of carbonyl (C=O) groups excluding carboxylic acids is 1. The Labute approximate surface area is 139 Å². The summed E-state index contributed by atoms with van der Waals surface area (Å²) in [7, 11) is 0. The fourth-order valence-electron chi connectivity index (χ4n) is 1.71. The number of carbonyl (C=O) groups is 1. The van der Waals surface area contributed by atoms with Gasteiger partial charge in [0.1, 0.15) is 0 Å². The van der Waals surface area contributed by atoms with Crippen molar-refractivity contribution in [3.63, 3.8) is 0 Å². The third kappa shape index (κ3) is 4.34. The number of H-pyrrole nitrogens is 1. The second kappa shape index (κ2) is 7.64. The van der Waals surface area contributed by atoms with Gasteiger partial charge in [-0.3, -0.25) is 9.36 Å². The minimum absolute atomic E-state index is 0.123. The van der Waals surface area contributed by atoms with Crippen LogP contribution in [0.25, 0.3) is 0 Å². The van der Waals surface area contributed by atoms with E-state index in [-0.39, 0.29) is 17.3 Å². The standard InChI is InChI=1S/C13H15IN4O2S/c1-2-7-18-12(20)16-17-13(18)21-8-11(19)15-10-6-4-3-5-9(10)14/h3-6H,2,7-8H2,1H3,(H,15,19)(H,16,20). The summed E-state index contributed by atoms with van der Waals surface area (Å²) in [5.74, 6) is 0.0847. The summed E-state index contributed by atoms with van der Waals surface area (Å²) in [5, 5.41) is 9.73. The van der Waals surface area contributed by atoms with Crippen molar-refractivity contribution in [2.75, 3.05) is 11.1 Å². The topological polar surface area (TPSA) is 79.8 Å². The summed E-state index contributed by atoms with van der Waals surface area (Å²) in [6, 6.07) is 7.57. The van der Waals surface area contributed by atoms with Crippen LogP contribution in [0.15, 0.2) is 34.2 Å². The third-order valence-electron chi connectivity index (χ3n) is 2.65. The second-order valence-corrected chi connectivity index (χ2v) is 6.38. The smallest absolute Gasteiger partial charge is 0.324 e. The van der Waals surface area contributed by atoms with Gasteiger partial charge in [0, 0.05) is 10.1 Å². The molecule has 8 heteroatoms. The van der Waals surface area contributed by atoms with Gasteiger partial charge in [0.2, 0.25) is 5.91 Å². The van der Waals surface area contributed by atoms with Crippen LogP contribution in [-0.4, -0.2) is 26.4 Å². The number of hydrogen-bond donors (Lipinski definition) is 2. The van der Waals surface area contributed by atoms with E-state index < -0.39 is 0 Å². The number of thioether (sulfide) groups is 1. The van der Waals surface area contributed by atoms with Crippen molar-refractivity contribution in [1.82, 2.24) is 14.8 Å². The zero-order chi connectivity index (χ0) is 15.2. The third-order valence-corrected chi connectivity index (χ3v) is 4.57. The van der Waals surface area contributed by atoms with Gasteiger partial charge in [-0.05, 0) is 41.1 Å². The fraction of sp³-hybridized carbons (Fsp3) is 0.308. The number of aromatic nitrogens is 3. The molecule has 0 bridgehead atoms. The second-order valence-electron chi connectivity index (χ2n) is 4.28. The van der Waals surface area contributed by atoms with Crippen molar-refractivity contribution in [2.24, 2.45) is 0 Å². The molecule has 21 heavy (non-hydrogen) atoms. The van der Waals surface area contributed by atoms with Crippen LogP contribution >= 0.6 is 34.4 Å². The van der Waals surface area contributed by atoms with E-state index >= 15 is 0 Å². The summed E-state index contributed by atoms with van der Waals surface area (Å²) in [6.07, 6.45) is 0.835. The molecule has 0 saturated heterocycles. The largest absolute Gasteiger partial charge is 0.343 e. The van der Waals surface area contributed by atoms with Crippen LogP contribution in [0.3, 0.4) is 0 Å². The molecule has 6 nitrogen and oxygen atoms in total. The van der Waals surface area contributed by atoms with Gasteiger partial charge in [0.15, 0.2) is 5.16 Å². The highest BCUT2D eigenvalue weighted by molar-refractivity contribution is 14.1. The van der Waals surface area contributed by atoms with Crippen molar-refractivity contribution in [2.45, 2.75) is 25.0 Å². The molecule has 2 rings (SSSR count). The molecule has 0 unspecified atom stereocenters. The van der Waals surface area contributed by atoms with Gasteiger partial charge in [-0.1, -0.05) is 30.8 Å². The Morgan fingerprint density at radius 3 is 2.95 bits per heavy atom. The van der Waals surface area contributed by atoms with Crippen LogP contribution in [0.5, 0.6) is 0 Å². The maximum absolute atomic E-state index is 12.0. The minimum Gasteiger partial charge on any atom is -0.324 e. The van der Waals surface area contributed by atoms with Crippen molar-refractivity contribution in [1.29, 1.82) is 0 Å². The average molecular weight is 418 g/mol. The maximum atomic E-state index is 12.0. The monoisotopic (exact) mass is 418 g/mol. The molecular formula is C13H15IN4O2S. The molecule has 1 aromatic heterocycles. The fourth-order valence-corrected chi connectivity index (χ4v) is 3.01. The Hall–Kier alpha value is -1.29. The lowest BCUT2D eigenvalue weighted by atomic mass is 10.3. The Kier molecular flexibility index (Phi) is 5.85. The molecular weight excluding hydrogens is 403 g/mol. The lowest BCUT2D eigenvalue weighted by Gasteiger charge is -2.07. The molecule has 0 aliphatic rings. The van der Waals surface area contributed by atoms with Gasteiger partial charge in [0.05, 0.1) is 11.4 Å². The quantitative estimate of drug-likeness (QED) is 0.558. The molecule has 0 atom stereocenters. The summed E-state index contributed by atoms with van der Waals surface area (Å²) in [5.41, 5.74) is 0.550. The Morgan fingerprint density at radius 2 is 2.24 bits per heavy atom. The van der Waals surface area contributed by atoms with E-state index in [4.69, 9.17) is 0 Å². The van der Waals surface area contributed by atoms with Crippen LogP contribution in [0.1, 0.15) is 13.3 Å². The molecule has 0 radical (unpaired) electrons. The molecule has 0 fully saturated rings. The highest BCUT2D eigenvalue weighted by atomic mass is 127. The number of aromatic amines is 1. The molecule has 0 aliphatic carbocycles. The minimum atomic E-state index is -0.239. The van der Waals surface area contributed by atoms with E-state index in [0.29, 0.717) is 11.7 Å². The van der Waals surface area contributed by atoms with E-state index in [1.54, 1.807) is 4.57 Å². The summed E-state index contributed by atoms with van der Waals surface area (Å²) >= 11 is 3.42. The van der Waals surface area contributed by atoms with E-state index in [0.717, 1.165) is 15.7 Å². The van der Waals surface area contributed by atoms with Crippen LogP contribution in [0, 0.1) is 3.57 Å². The molecule has 0 spiro atoms. The Morgan fingerprint density at radius 1 is 1.48 bits per heavy atom. The van der Waals surface area contributed by atoms with Crippen molar-refractivity contribution >= 4 is 45.9 Å². The average Bonchev–Trinajstić information content (AvgIpc) is 2.81. The van der Waals surface area contributed by atoms with Crippen molar-refractivity contribution < 1.29 is 4.79 Å². The zero-order valence-corrected chi connectivity index (χ0v) is 14.4. The number of para-hydroxylation sites is 1. The SMILES string of the molecule is CCCn1c(SCC(=O)Nc2ccccc2I)n[nH]c1=O. The van der Waals surface area contributed by atoms with Gasteiger partial charge < -0.3 is 5.32 Å². The van der Waals surface area contributed by atoms with Gasteiger partial charge in [0.25, 0.3) is 0 Å². The lowest BCUT2D eigenvalue weighted by molar-refractivity contribution is -0.113. The highest BCUT2D eigenvalue weighted by Crippen LogP contribution is 2.18. The number of benzene rings is 1. The summed E-state index contributed by atoms with van der Waals surface area (Å²) in [6.45, 7) is 2.58. The summed E-state index contributed by atoms with van der Waals surface area (Å²) in [4.78, 5) is 23.5. The predicted octanol–water partition coefficient (Wildman–Crippen LogP) is 2.32. The number of hydrogen-bond acceptors (Lipinski definition) is 4. The zero-order valence-electron chi connectivity index (χ0n) is 11.4. The number of halogens is 1. The number of anilines is 1. The van der Waals surface area contributed by atoms with E-state index in [1.165, 1.54) is 11.8 Å². The van der Waals surface area contributed by atoms with E-state index in [9.17, 15) is 9.59 Å². The molecule has 0 aliphatic heterocycles. The van der Waals surface area contributed by atoms with Gasteiger partial charge in [-0.2, -0.15) is 0 Å². The first-order chi connectivity index (χ1) is 10.1. The molecule has 1 amide bonds. The number of nitrogens with one attached hydrogen (secondary N) is 2. The number of rotatable bonds is 6. The maximum Gasteiger partial charge on any atom is 0.343 e. The molecule has 1 heterocycles. The Balaban J connectivity index is 1.96. The van der Waals surface area contributed by atoms with Crippen LogP contribution in [0.2, 0.25) is 0 Å². The molecule has 1 aromatic carbocycles. The van der Waals surface area contributed by atoms with E-state index in [1.807, 2.05) is 31.2 Å². The highest BCUT2D eigenvalue weighted by Gasteiger charge is 2.11. The van der Waals surface area contributed by atoms with Crippen molar-refractivity contribution in [3.8, 4) is 0 Å². The number of nitrogens with zero attached hydrogens (tertiary/aromatic N) is 2. The van der Waals surface area contributed by atoms with Crippen LogP contribution in [-0.2, 0) is 11.3 Å². The predicted molar refractivity (Wildman–Crippen MR) is 91.7 cm³/mol. The molecule has 2 aromatic rings. The molecule has 112 valence electrons. The first kappa shape index (κ1) is 16.1. The summed E-state index contributed by atoms with van der Waals surface area (Å²) < 4.78 is 2.53. The Bertz CT molecular complexity index is 683. The lowest BCUT2D eigenvalue weighted by Crippen LogP contribution is -2.18. The first-order valence-corrected chi connectivity index (χ1v) is 8.50. The van der Waals surface area contributed by atoms with Crippen LogP contribution in [0.4, 0.5) is 5.69 Å². The number of amides is 1. The van der Waals surface area contributed by atoms with E-state index in [2.05, 4.69) is 38.1 Å². The van der Waals surface area contributed by atoms with Gasteiger partial charge in [-0.15, -0.1) is 5.10 Å². The first-order valence-electron chi connectivity index (χ1n) is 6.44. The van der Waals surface area contributed by atoms with Gasteiger partial charge >= 0.3 is 5.69 Å².